The van der Waals surface area contributed by atoms with E-state index in [9.17, 15) is 4.79 Å². The Hall–Kier alpha value is -1.81. The zero-order valence-electron chi connectivity index (χ0n) is 16.3. The molecule has 1 saturated heterocycles. The molecule has 2 rings (SSSR count). The number of hydrogen-bond donors (Lipinski definition) is 2. The van der Waals surface area contributed by atoms with E-state index in [2.05, 4.69) is 38.3 Å². The van der Waals surface area contributed by atoms with Crippen LogP contribution in [-0.2, 0) is 4.79 Å². The molecule has 0 atom stereocenters. The first-order chi connectivity index (χ1) is 11.5. The number of benzene rings is 1. The highest BCUT2D eigenvalue weighted by Gasteiger charge is 2.37. The fraction of sp³-hybridized carbons (Fsp3) is 0.571. The number of hydrogen-bond acceptors (Lipinski definition) is 3. The van der Waals surface area contributed by atoms with Gasteiger partial charge in [0.2, 0.25) is 5.91 Å². The summed E-state index contributed by atoms with van der Waals surface area (Å²) in [6.07, 6.45) is 5.42. The molecule has 0 aliphatic carbocycles. The van der Waals surface area contributed by atoms with Gasteiger partial charge in [-0.25, -0.2) is 0 Å². The number of amides is 1. The van der Waals surface area contributed by atoms with E-state index in [0.29, 0.717) is 0 Å². The van der Waals surface area contributed by atoms with Crippen LogP contribution in [0.25, 0.3) is 6.08 Å². The van der Waals surface area contributed by atoms with Crippen molar-refractivity contribution in [3.8, 4) is 5.75 Å². The molecule has 0 bridgehead atoms. The van der Waals surface area contributed by atoms with Gasteiger partial charge in [0.1, 0.15) is 5.75 Å². The summed E-state index contributed by atoms with van der Waals surface area (Å²) in [5, 5.41) is 6.78. The second-order valence-electron chi connectivity index (χ2n) is 8.58. The average Bonchev–Trinajstić information content (AvgIpc) is 2.41. The maximum atomic E-state index is 12.3. The van der Waals surface area contributed by atoms with Gasteiger partial charge in [-0.15, -0.1) is 0 Å². The molecule has 4 heteroatoms. The predicted molar refractivity (Wildman–Crippen MR) is 104 cm³/mol. The van der Waals surface area contributed by atoms with E-state index in [1.807, 2.05) is 44.2 Å². The maximum absolute atomic E-state index is 12.3. The van der Waals surface area contributed by atoms with Crippen LogP contribution < -0.4 is 15.4 Å². The molecular weight excluding hydrogens is 312 g/mol. The average molecular weight is 344 g/mol. The molecule has 0 radical (unpaired) electrons. The Morgan fingerprint density at radius 3 is 2.48 bits per heavy atom. The van der Waals surface area contributed by atoms with Crippen LogP contribution in [0, 0.1) is 0 Å². The zero-order chi connectivity index (χ0) is 18.7. The summed E-state index contributed by atoms with van der Waals surface area (Å²) < 4.78 is 5.69. The SMILES string of the molecule is CC(C)Oc1cccc(/C=C/C(=O)NC2CC(C)(C)NC(C)(C)C2)c1. The first-order valence-electron chi connectivity index (χ1n) is 9.09. The van der Waals surface area contributed by atoms with Crippen molar-refractivity contribution in [3.05, 3.63) is 35.9 Å². The van der Waals surface area contributed by atoms with Crippen LogP contribution in [0.3, 0.4) is 0 Å². The van der Waals surface area contributed by atoms with E-state index in [4.69, 9.17) is 4.74 Å². The molecule has 1 fully saturated rings. The van der Waals surface area contributed by atoms with E-state index in [0.717, 1.165) is 24.2 Å². The molecule has 25 heavy (non-hydrogen) atoms. The minimum atomic E-state index is -0.0475. The van der Waals surface area contributed by atoms with Crippen LogP contribution in [0.4, 0.5) is 0 Å². The van der Waals surface area contributed by atoms with Gasteiger partial charge < -0.3 is 15.4 Å². The molecule has 0 spiro atoms. The summed E-state index contributed by atoms with van der Waals surface area (Å²) in [7, 11) is 0. The van der Waals surface area contributed by atoms with Gasteiger partial charge in [0.15, 0.2) is 0 Å². The first kappa shape index (κ1) is 19.5. The lowest BCUT2D eigenvalue weighted by molar-refractivity contribution is -0.117. The lowest BCUT2D eigenvalue weighted by Gasteiger charge is -2.46. The number of rotatable bonds is 5. The van der Waals surface area contributed by atoms with Crippen LogP contribution in [0.15, 0.2) is 30.3 Å². The molecule has 0 aromatic heterocycles. The molecule has 1 aliphatic rings. The van der Waals surface area contributed by atoms with E-state index in [-0.39, 0.29) is 29.1 Å². The number of carbonyl (C=O) groups excluding carboxylic acids is 1. The van der Waals surface area contributed by atoms with Crippen molar-refractivity contribution in [2.24, 2.45) is 0 Å². The van der Waals surface area contributed by atoms with E-state index < -0.39 is 0 Å². The third kappa shape index (κ3) is 6.54. The Balaban J connectivity index is 1.97. The van der Waals surface area contributed by atoms with Crippen molar-refractivity contribution in [1.29, 1.82) is 0 Å². The summed E-state index contributed by atoms with van der Waals surface area (Å²) >= 11 is 0. The molecule has 0 saturated carbocycles. The van der Waals surface area contributed by atoms with E-state index in [1.54, 1.807) is 6.08 Å². The van der Waals surface area contributed by atoms with Gasteiger partial charge in [0.25, 0.3) is 0 Å². The summed E-state index contributed by atoms with van der Waals surface area (Å²) in [6, 6.07) is 7.96. The minimum absolute atomic E-state index is 0.0198. The van der Waals surface area contributed by atoms with Crippen LogP contribution in [0.1, 0.15) is 59.9 Å². The number of nitrogens with one attached hydrogen (secondary N) is 2. The summed E-state index contributed by atoms with van der Waals surface area (Å²) in [5.74, 6) is 0.771. The predicted octanol–water partition coefficient (Wildman–Crippen LogP) is 3.91. The third-order valence-electron chi connectivity index (χ3n) is 4.19. The van der Waals surface area contributed by atoms with E-state index >= 15 is 0 Å². The molecule has 1 aliphatic heterocycles. The molecular formula is C21H32N2O2. The van der Waals surface area contributed by atoms with Gasteiger partial charge in [-0.05, 0) is 78.2 Å². The topological polar surface area (TPSA) is 50.4 Å². The summed E-state index contributed by atoms with van der Waals surface area (Å²) in [4.78, 5) is 12.3. The molecule has 1 aromatic rings. The van der Waals surface area contributed by atoms with Gasteiger partial charge in [0.05, 0.1) is 6.10 Å². The van der Waals surface area contributed by atoms with Crippen LogP contribution in [-0.4, -0.2) is 29.1 Å². The molecule has 4 nitrogen and oxygen atoms in total. The van der Waals surface area contributed by atoms with Gasteiger partial charge >= 0.3 is 0 Å². The highest BCUT2D eigenvalue weighted by atomic mass is 16.5. The quantitative estimate of drug-likeness (QED) is 0.796. The standard InChI is InChI=1S/C21H32N2O2/c1-15(2)25-18-9-7-8-16(12-18)10-11-19(24)22-17-13-20(3,4)23-21(5,6)14-17/h7-12,15,17,23H,13-14H2,1-6H3,(H,22,24)/b11-10+. The Kier molecular flexibility index (Phi) is 5.94. The lowest BCUT2D eigenvalue weighted by Crippen LogP contribution is -2.62. The van der Waals surface area contributed by atoms with Crippen LogP contribution >= 0.6 is 0 Å². The smallest absolute Gasteiger partial charge is 0.244 e. The van der Waals surface area contributed by atoms with Gasteiger partial charge in [-0.2, -0.15) is 0 Å². The van der Waals surface area contributed by atoms with Crippen molar-refractivity contribution < 1.29 is 9.53 Å². The van der Waals surface area contributed by atoms with Crippen molar-refractivity contribution in [2.75, 3.05) is 0 Å². The minimum Gasteiger partial charge on any atom is -0.491 e. The fourth-order valence-electron chi connectivity index (χ4n) is 3.81. The Morgan fingerprint density at radius 1 is 1.24 bits per heavy atom. The maximum Gasteiger partial charge on any atom is 0.244 e. The lowest BCUT2D eigenvalue weighted by atomic mass is 9.79. The Labute approximate surface area is 152 Å². The zero-order valence-corrected chi connectivity index (χ0v) is 16.3. The van der Waals surface area contributed by atoms with Crippen LogP contribution in [0.2, 0.25) is 0 Å². The number of ether oxygens (including phenoxy) is 1. The third-order valence-corrected chi connectivity index (χ3v) is 4.19. The normalized spacial score (nSPS) is 20.0. The van der Waals surface area contributed by atoms with Gasteiger partial charge in [0, 0.05) is 23.2 Å². The Bertz CT molecular complexity index is 617. The first-order valence-corrected chi connectivity index (χ1v) is 9.09. The fourth-order valence-corrected chi connectivity index (χ4v) is 3.81. The Morgan fingerprint density at radius 2 is 1.88 bits per heavy atom. The van der Waals surface area contributed by atoms with Gasteiger partial charge in [-0.3, -0.25) is 4.79 Å². The molecule has 1 amide bonds. The van der Waals surface area contributed by atoms with Crippen molar-refractivity contribution in [3.63, 3.8) is 0 Å². The second-order valence-corrected chi connectivity index (χ2v) is 8.58. The van der Waals surface area contributed by atoms with Crippen LogP contribution in [0.5, 0.6) is 5.75 Å². The highest BCUT2D eigenvalue weighted by Crippen LogP contribution is 2.28. The largest absolute Gasteiger partial charge is 0.491 e. The number of carbonyl (C=O) groups is 1. The molecule has 2 N–H and O–H groups in total. The molecule has 1 heterocycles. The van der Waals surface area contributed by atoms with Crippen molar-refractivity contribution in [2.45, 2.75) is 77.6 Å². The highest BCUT2D eigenvalue weighted by molar-refractivity contribution is 5.92. The summed E-state index contributed by atoms with van der Waals surface area (Å²) in [5.41, 5.74) is 0.997. The molecule has 1 aromatic carbocycles. The number of piperidine rings is 1. The molecule has 0 unspecified atom stereocenters. The van der Waals surface area contributed by atoms with Crippen molar-refractivity contribution >= 4 is 12.0 Å². The van der Waals surface area contributed by atoms with Gasteiger partial charge in [-0.1, -0.05) is 12.1 Å². The van der Waals surface area contributed by atoms with E-state index in [1.165, 1.54) is 0 Å². The van der Waals surface area contributed by atoms with Crippen molar-refractivity contribution in [1.82, 2.24) is 10.6 Å². The second kappa shape index (κ2) is 7.61. The molecule has 138 valence electrons. The monoisotopic (exact) mass is 344 g/mol. The summed E-state index contributed by atoms with van der Waals surface area (Å²) in [6.45, 7) is 12.7.